The van der Waals surface area contributed by atoms with Crippen molar-refractivity contribution in [2.45, 2.75) is 78.6 Å². The summed E-state index contributed by atoms with van der Waals surface area (Å²) in [6.07, 6.45) is 9.04. The van der Waals surface area contributed by atoms with Gasteiger partial charge in [-0.15, -0.1) is 0 Å². The van der Waals surface area contributed by atoms with Gasteiger partial charge in [0.15, 0.2) is 0 Å². The molecule has 6 atom stereocenters. The van der Waals surface area contributed by atoms with Crippen LogP contribution < -0.4 is 0 Å². The van der Waals surface area contributed by atoms with Crippen molar-refractivity contribution in [3.05, 3.63) is 0 Å². The van der Waals surface area contributed by atoms with E-state index in [1.807, 2.05) is 6.92 Å². The van der Waals surface area contributed by atoms with Crippen LogP contribution in [0.2, 0.25) is 0 Å². The predicted octanol–water partition coefficient (Wildman–Crippen LogP) is 4.44. The molecular weight excluding hydrogens is 288 g/mol. The topological polar surface area (TPSA) is 54.4 Å². The molecule has 1 spiro atoms. The van der Waals surface area contributed by atoms with Crippen LogP contribution >= 0.6 is 0 Å². The normalized spacial score (nSPS) is 55.2. The van der Waals surface area contributed by atoms with Crippen LogP contribution in [0.25, 0.3) is 0 Å². The standard InChI is InChI=1S/C20H30O3/c1-17-9-5-14-18(2)7-4-8-19(3,16(22)23)13(18)6-10-20(14,12-17)11-15(17)21/h13-14H,4-12H2,1-3H3,(H,22,23)/t13-,14?,17-,18+,19+,20-/m1/s1. The first-order valence-electron chi connectivity index (χ1n) is 9.43. The number of carboxylic acids is 1. The second-order valence-corrected chi connectivity index (χ2v) is 9.96. The first-order valence-corrected chi connectivity index (χ1v) is 9.43. The number of aliphatic carboxylic acids is 1. The van der Waals surface area contributed by atoms with E-state index in [0.29, 0.717) is 11.7 Å². The van der Waals surface area contributed by atoms with Crippen molar-refractivity contribution in [3.8, 4) is 0 Å². The summed E-state index contributed by atoms with van der Waals surface area (Å²) in [6, 6.07) is 0. The Labute approximate surface area is 139 Å². The molecule has 1 unspecified atom stereocenters. The molecule has 128 valence electrons. The van der Waals surface area contributed by atoms with Crippen LogP contribution in [-0.4, -0.2) is 16.9 Å². The SMILES string of the molecule is C[C@]12CCC3[C@](CC[C@H]4[C@@](C)(C(=O)O)CCC[C@]34C)(CC1=O)C2. The predicted molar refractivity (Wildman–Crippen MR) is 87.9 cm³/mol. The van der Waals surface area contributed by atoms with Crippen LogP contribution in [0.1, 0.15) is 78.6 Å². The van der Waals surface area contributed by atoms with Crippen LogP contribution in [0.15, 0.2) is 0 Å². The molecule has 3 heteroatoms. The van der Waals surface area contributed by atoms with Gasteiger partial charge in [0.2, 0.25) is 0 Å². The lowest BCUT2D eigenvalue weighted by Crippen LogP contribution is -2.58. The number of carbonyl (C=O) groups excluding carboxylic acids is 1. The molecule has 4 rings (SSSR count). The Kier molecular flexibility index (Phi) is 3.00. The van der Waals surface area contributed by atoms with E-state index in [4.69, 9.17) is 0 Å². The Morgan fingerprint density at radius 1 is 1.04 bits per heavy atom. The van der Waals surface area contributed by atoms with E-state index in [2.05, 4.69) is 13.8 Å². The molecule has 0 amide bonds. The zero-order valence-electron chi connectivity index (χ0n) is 14.8. The zero-order valence-corrected chi connectivity index (χ0v) is 14.8. The highest BCUT2D eigenvalue weighted by Gasteiger charge is 2.68. The lowest BCUT2D eigenvalue weighted by Gasteiger charge is -2.63. The number of fused-ring (bicyclic) bond motifs is 3. The van der Waals surface area contributed by atoms with E-state index >= 15 is 0 Å². The molecule has 3 nitrogen and oxygen atoms in total. The van der Waals surface area contributed by atoms with Gasteiger partial charge in [0.05, 0.1) is 5.41 Å². The number of carboxylic acid groups (broad SMARTS) is 1. The molecule has 4 saturated carbocycles. The average Bonchev–Trinajstić information content (AvgIpc) is 2.63. The quantitative estimate of drug-likeness (QED) is 0.777. The van der Waals surface area contributed by atoms with Crippen molar-refractivity contribution < 1.29 is 14.7 Å². The van der Waals surface area contributed by atoms with E-state index in [1.54, 1.807) is 0 Å². The Hall–Kier alpha value is -0.860. The van der Waals surface area contributed by atoms with Crippen LogP contribution in [-0.2, 0) is 9.59 Å². The summed E-state index contributed by atoms with van der Waals surface area (Å²) < 4.78 is 0. The van der Waals surface area contributed by atoms with E-state index in [1.165, 1.54) is 0 Å². The lowest BCUT2D eigenvalue weighted by atomic mass is 9.40. The molecule has 2 bridgehead atoms. The third kappa shape index (κ3) is 1.77. The van der Waals surface area contributed by atoms with Gasteiger partial charge in [-0.3, -0.25) is 9.59 Å². The summed E-state index contributed by atoms with van der Waals surface area (Å²) in [7, 11) is 0. The lowest BCUT2D eigenvalue weighted by molar-refractivity contribution is -0.182. The Bertz CT molecular complexity index is 583. The molecule has 4 fully saturated rings. The number of hydrogen-bond donors (Lipinski definition) is 1. The van der Waals surface area contributed by atoms with Crippen molar-refractivity contribution in [2.24, 2.45) is 33.5 Å². The maximum atomic E-state index is 12.6. The summed E-state index contributed by atoms with van der Waals surface area (Å²) in [6.45, 7) is 6.54. The van der Waals surface area contributed by atoms with Crippen LogP contribution in [0.3, 0.4) is 0 Å². The van der Waals surface area contributed by atoms with Crippen LogP contribution in [0, 0.1) is 33.5 Å². The molecule has 0 saturated heterocycles. The molecule has 1 N–H and O–H groups in total. The van der Waals surface area contributed by atoms with Crippen molar-refractivity contribution in [3.63, 3.8) is 0 Å². The maximum Gasteiger partial charge on any atom is 0.309 e. The van der Waals surface area contributed by atoms with Crippen molar-refractivity contribution >= 4 is 11.8 Å². The third-order valence-corrected chi connectivity index (χ3v) is 8.84. The molecule has 0 aromatic heterocycles. The zero-order chi connectivity index (χ0) is 16.7. The number of carbonyl (C=O) groups is 2. The monoisotopic (exact) mass is 318 g/mol. The van der Waals surface area contributed by atoms with E-state index in [0.717, 1.165) is 57.8 Å². The summed E-state index contributed by atoms with van der Waals surface area (Å²) in [5.74, 6) is 0.704. The van der Waals surface area contributed by atoms with Gasteiger partial charge in [-0.25, -0.2) is 0 Å². The molecule has 23 heavy (non-hydrogen) atoms. The van der Waals surface area contributed by atoms with Crippen molar-refractivity contribution in [1.82, 2.24) is 0 Å². The van der Waals surface area contributed by atoms with Crippen molar-refractivity contribution in [1.29, 1.82) is 0 Å². The maximum absolute atomic E-state index is 12.6. The van der Waals surface area contributed by atoms with E-state index < -0.39 is 11.4 Å². The van der Waals surface area contributed by atoms with E-state index in [9.17, 15) is 14.7 Å². The second kappa shape index (κ2) is 4.40. The molecular formula is C20H30O3. The summed E-state index contributed by atoms with van der Waals surface area (Å²) in [4.78, 5) is 24.7. The number of ketones is 1. The smallest absolute Gasteiger partial charge is 0.309 e. The largest absolute Gasteiger partial charge is 0.481 e. The van der Waals surface area contributed by atoms with E-state index in [-0.39, 0.29) is 22.2 Å². The summed E-state index contributed by atoms with van der Waals surface area (Å²) in [5.41, 5.74) is -0.357. The Morgan fingerprint density at radius 3 is 2.43 bits per heavy atom. The van der Waals surface area contributed by atoms with Gasteiger partial charge in [-0.2, -0.15) is 0 Å². The van der Waals surface area contributed by atoms with Gasteiger partial charge in [0.25, 0.3) is 0 Å². The van der Waals surface area contributed by atoms with Gasteiger partial charge < -0.3 is 5.11 Å². The number of rotatable bonds is 1. The minimum atomic E-state index is -0.604. The fourth-order valence-electron chi connectivity index (χ4n) is 7.76. The minimum Gasteiger partial charge on any atom is -0.481 e. The van der Waals surface area contributed by atoms with Gasteiger partial charge in [0.1, 0.15) is 5.78 Å². The minimum absolute atomic E-state index is 0.0789. The summed E-state index contributed by atoms with van der Waals surface area (Å²) in [5, 5.41) is 9.91. The fraction of sp³-hybridized carbons (Fsp3) is 0.900. The molecule has 0 radical (unpaired) electrons. The number of hydrogen-bond acceptors (Lipinski definition) is 2. The second-order valence-electron chi connectivity index (χ2n) is 9.96. The molecule has 0 aromatic carbocycles. The van der Waals surface area contributed by atoms with Gasteiger partial charge in [-0.05, 0) is 74.5 Å². The Balaban J connectivity index is 1.76. The average molecular weight is 318 g/mol. The van der Waals surface area contributed by atoms with Crippen LogP contribution in [0.5, 0.6) is 0 Å². The number of Topliss-reactive ketones (excluding diaryl/α,β-unsaturated/α-hetero) is 1. The van der Waals surface area contributed by atoms with Gasteiger partial charge in [0, 0.05) is 11.8 Å². The first kappa shape index (κ1) is 15.7. The molecule has 0 aromatic rings. The highest BCUT2D eigenvalue weighted by molar-refractivity contribution is 5.88. The van der Waals surface area contributed by atoms with Gasteiger partial charge in [-0.1, -0.05) is 20.3 Å². The Morgan fingerprint density at radius 2 is 1.74 bits per heavy atom. The molecule has 0 heterocycles. The molecule has 4 aliphatic rings. The summed E-state index contributed by atoms with van der Waals surface area (Å²) >= 11 is 0. The first-order chi connectivity index (χ1) is 10.7. The molecule has 4 aliphatic carbocycles. The van der Waals surface area contributed by atoms with Crippen molar-refractivity contribution in [2.75, 3.05) is 0 Å². The third-order valence-electron chi connectivity index (χ3n) is 8.84. The van der Waals surface area contributed by atoms with Gasteiger partial charge >= 0.3 is 5.97 Å². The highest BCUT2D eigenvalue weighted by atomic mass is 16.4. The molecule has 0 aliphatic heterocycles. The fourth-order valence-corrected chi connectivity index (χ4v) is 7.76. The van der Waals surface area contributed by atoms with Crippen LogP contribution in [0.4, 0.5) is 0 Å². The highest BCUT2D eigenvalue weighted by Crippen LogP contribution is 2.72.